The largest absolute Gasteiger partial charge is 0.477 e. The van der Waals surface area contributed by atoms with Crippen LogP contribution in [0, 0.1) is 0 Å². The molecule has 0 saturated heterocycles. The summed E-state index contributed by atoms with van der Waals surface area (Å²) < 4.78 is 27.8. The lowest BCUT2D eigenvalue weighted by atomic mass is 10.2. The minimum atomic E-state index is -4.03. The maximum absolute atomic E-state index is 11.8. The van der Waals surface area contributed by atoms with Gasteiger partial charge >= 0.3 is 0 Å². The van der Waals surface area contributed by atoms with E-state index in [0.29, 0.717) is 0 Å². The van der Waals surface area contributed by atoms with E-state index in [0.717, 1.165) is 0 Å². The maximum atomic E-state index is 11.8. The fourth-order valence-electron chi connectivity index (χ4n) is 1.43. The van der Waals surface area contributed by atoms with Gasteiger partial charge in [0.2, 0.25) is 14.7 Å². The molecule has 0 radical (unpaired) electrons. The number of hydrogen-bond acceptors (Lipinski definition) is 5. The van der Waals surface area contributed by atoms with E-state index in [1.807, 2.05) is 0 Å². The van der Waals surface area contributed by atoms with E-state index in [4.69, 9.17) is 9.88 Å². The number of rotatable bonds is 6. The van der Waals surface area contributed by atoms with Crippen LogP contribution < -0.4 is 15.2 Å². The average molecular weight is 444 g/mol. The van der Waals surface area contributed by atoms with Gasteiger partial charge in [0.1, 0.15) is 15.5 Å². The van der Waals surface area contributed by atoms with Crippen molar-refractivity contribution in [1.82, 2.24) is 5.32 Å². The molecule has 2 unspecified atom stereocenters. The molecule has 3 N–H and O–H groups in total. The van der Waals surface area contributed by atoms with Crippen LogP contribution in [0.15, 0.2) is 29.2 Å². The Morgan fingerprint density at radius 1 is 1.33 bits per heavy atom. The molecule has 10 heteroatoms. The molecular formula is C11H12Br2N2O5S. The molecule has 0 aliphatic carbocycles. The van der Waals surface area contributed by atoms with Crippen LogP contribution in [-0.2, 0) is 19.6 Å². The number of nitrogens with two attached hydrogens (primary N) is 1. The number of likely N-dealkylation sites (N-methyl/N-ethyl adjacent to an activating group) is 1. The van der Waals surface area contributed by atoms with Crippen LogP contribution in [0.1, 0.15) is 0 Å². The number of ether oxygens (including phenoxy) is 1. The van der Waals surface area contributed by atoms with Crippen molar-refractivity contribution >= 4 is 52.5 Å². The summed E-state index contributed by atoms with van der Waals surface area (Å²) in [6.45, 7) is 0. The first kappa shape index (κ1) is 18.1. The monoisotopic (exact) mass is 442 g/mol. The number of sulfonamides is 1. The van der Waals surface area contributed by atoms with Crippen molar-refractivity contribution in [2.24, 2.45) is 5.14 Å². The second kappa shape index (κ2) is 7.34. The Morgan fingerprint density at radius 2 is 1.90 bits per heavy atom. The number of carbonyl (C=O) groups excluding carboxylic acids is 2. The molecule has 0 spiro atoms. The Kier molecular flexibility index (Phi) is 6.32. The molecule has 21 heavy (non-hydrogen) atoms. The van der Waals surface area contributed by atoms with Crippen molar-refractivity contribution in [3.63, 3.8) is 0 Å². The van der Waals surface area contributed by atoms with Gasteiger partial charge in [-0.1, -0.05) is 28.1 Å². The number of halogens is 2. The lowest BCUT2D eigenvalue weighted by molar-refractivity contribution is -0.129. The van der Waals surface area contributed by atoms with E-state index in [1.165, 1.54) is 31.3 Å². The minimum Gasteiger partial charge on any atom is -0.477 e. The van der Waals surface area contributed by atoms with E-state index in [2.05, 4.69) is 37.2 Å². The third kappa shape index (κ3) is 4.77. The van der Waals surface area contributed by atoms with Gasteiger partial charge in [0.05, 0.1) is 0 Å². The van der Waals surface area contributed by atoms with Crippen LogP contribution in [0.2, 0.25) is 0 Å². The van der Waals surface area contributed by atoms with Crippen molar-refractivity contribution < 1.29 is 22.7 Å². The Morgan fingerprint density at radius 3 is 2.38 bits per heavy atom. The quantitative estimate of drug-likeness (QED) is 0.491. The second-order valence-electron chi connectivity index (χ2n) is 3.85. The molecule has 0 bridgehead atoms. The number of amides is 1. The smallest absolute Gasteiger partial charge is 0.262 e. The van der Waals surface area contributed by atoms with Gasteiger partial charge in [-0.25, -0.2) is 13.6 Å². The standard InChI is InChI=1S/C11H12Br2N2O5S/c1-15-11(17)9(8(12)10(13)16)20-6-4-2-3-5-7(6)21(14,18)19/h2-5,8-9H,1H3,(H,15,17)(H2,14,18,19). The number of primary sulfonamides is 1. The normalized spacial score (nSPS) is 14.1. The molecule has 0 saturated carbocycles. The lowest BCUT2D eigenvalue weighted by Gasteiger charge is -2.21. The van der Waals surface area contributed by atoms with E-state index in [9.17, 15) is 18.0 Å². The van der Waals surface area contributed by atoms with Crippen molar-refractivity contribution in [3.05, 3.63) is 24.3 Å². The molecule has 0 heterocycles. The lowest BCUT2D eigenvalue weighted by Crippen LogP contribution is -2.44. The number of para-hydroxylation sites is 1. The Hall–Kier alpha value is -0.970. The summed E-state index contributed by atoms with van der Waals surface area (Å²) >= 11 is 5.74. The van der Waals surface area contributed by atoms with Gasteiger partial charge in [-0.3, -0.25) is 9.59 Å². The Bertz CT molecular complexity index is 650. The molecule has 7 nitrogen and oxygen atoms in total. The SMILES string of the molecule is CNC(=O)C(Oc1ccccc1S(N)(=O)=O)C(Br)C(=O)Br. The summed E-state index contributed by atoms with van der Waals surface area (Å²) in [5.74, 6) is -0.722. The van der Waals surface area contributed by atoms with Crippen LogP contribution in [0.5, 0.6) is 5.75 Å². The van der Waals surface area contributed by atoms with Crippen LogP contribution in [0.25, 0.3) is 0 Å². The summed E-state index contributed by atoms with van der Waals surface area (Å²) in [6, 6.07) is 5.56. The van der Waals surface area contributed by atoms with E-state index < -0.39 is 31.6 Å². The fourth-order valence-corrected chi connectivity index (χ4v) is 2.68. The third-order valence-electron chi connectivity index (χ3n) is 2.40. The van der Waals surface area contributed by atoms with Crippen LogP contribution in [0.4, 0.5) is 0 Å². The zero-order valence-electron chi connectivity index (χ0n) is 10.7. The molecule has 1 aromatic rings. The molecule has 0 aliphatic heterocycles. The predicted octanol–water partition coefficient (Wildman–Crippen LogP) is 0.512. The highest BCUT2D eigenvalue weighted by Gasteiger charge is 2.33. The van der Waals surface area contributed by atoms with E-state index >= 15 is 0 Å². The summed E-state index contributed by atoms with van der Waals surface area (Å²) in [7, 11) is -2.66. The molecule has 2 atom stereocenters. The van der Waals surface area contributed by atoms with Gasteiger partial charge in [-0.05, 0) is 28.1 Å². The topological polar surface area (TPSA) is 116 Å². The average Bonchev–Trinajstić information content (AvgIpc) is 2.42. The van der Waals surface area contributed by atoms with Crippen LogP contribution >= 0.6 is 31.9 Å². The first-order valence-corrected chi connectivity index (χ1v) is 8.77. The molecular weight excluding hydrogens is 432 g/mol. The van der Waals surface area contributed by atoms with Crippen LogP contribution in [0.3, 0.4) is 0 Å². The zero-order chi connectivity index (χ0) is 16.2. The van der Waals surface area contributed by atoms with Gasteiger partial charge < -0.3 is 10.1 Å². The molecule has 1 rings (SSSR count). The highest BCUT2D eigenvalue weighted by Crippen LogP contribution is 2.25. The maximum Gasteiger partial charge on any atom is 0.262 e. The molecule has 0 aliphatic rings. The van der Waals surface area contributed by atoms with Crippen molar-refractivity contribution in [2.45, 2.75) is 15.8 Å². The number of nitrogens with one attached hydrogen (secondary N) is 1. The number of hydrogen-bond donors (Lipinski definition) is 2. The van der Waals surface area contributed by atoms with Gasteiger partial charge in [0.15, 0.2) is 6.10 Å². The van der Waals surface area contributed by atoms with Gasteiger partial charge in [0, 0.05) is 7.05 Å². The van der Waals surface area contributed by atoms with Gasteiger partial charge in [0.25, 0.3) is 5.91 Å². The van der Waals surface area contributed by atoms with Crippen molar-refractivity contribution in [2.75, 3.05) is 7.05 Å². The summed E-state index contributed by atoms with van der Waals surface area (Å²) in [6.07, 6.45) is -1.27. The highest BCUT2D eigenvalue weighted by atomic mass is 79.9. The highest BCUT2D eigenvalue weighted by molar-refractivity contribution is 9.20. The predicted molar refractivity (Wildman–Crippen MR) is 82.9 cm³/mol. The molecule has 1 aromatic carbocycles. The molecule has 0 fully saturated rings. The van der Waals surface area contributed by atoms with E-state index in [1.54, 1.807) is 0 Å². The van der Waals surface area contributed by atoms with Crippen LogP contribution in [-0.4, -0.2) is 37.0 Å². The molecule has 1 amide bonds. The molecule has 116 valence electrons. The third-order valence-corrected chi connectivity index (χ3v) is 5.35. The van der Waals surface area contributed by atoms with Gasteiger partial charge in [-0.2, -0.15) is 0 Å². The second-order valence-corrected chi connectivity index (χ2v) is 7.15. The first-order valence-electron chi connectivity index (χ1n) is 5.52. The number of alkyl halides is 1. The summed E-state index contributed by atoms with van der Waals surface area (Å²) in [5.41, 5.74) is 0. The van der Waals surface area contributed by atoms with Crippen molar-refractivity contribution in [1.29, 1.82) is 0 Å². The minimum absolute atomic E-state index is 0.119. The Balaban J connectivity index is 3.22. The first-order chi connectivity index (χ1) is 9.68. The summed E-state index contributed by atoms with van der Waals surface area (Å²) in [5, 5.41) is 7.41. The van der Waals surface area contributed by atoms with Gasteiger partial charge in [-0.15, -0.1) is 0 Å². The summed E-state index contributed by atoms with van der Waals surface area (Å²) in [4.78, 5) is 21.9. The van der Waals surface area contributed by atoms with E-state index in [-0.39, 0.29) is 10.6 Å². The van der Waals surface area contributed by atoms with Crippen molar-refractivity contribution in [3.8, 4) is 5.75 Å². The zero-order valence-corrected chi connectivity index (χ0v) is 14.7. The number of carbonyl (C=O) groups is 2. The Labute approximate surface area is 138 Å². The number of benzene rings is 1. The molecule has 0 aromatic heterocycles. The fraction of sp³-hybridized carbons (Fsp3) is 0.273.